The van der Waals surface area contributed by atoms with Crippen molar-refractivity contribution in [3.63, 3.8) is 0 Å². The smallest absolute Gasteiger partial charge is 0.462 e. The van der Waals surface area contributed by atoms with Crippen LogP contribution < -0.4 is 5.46 Å². The third kappa shape index (κ3) is 2.86. The molecule has 0 aromatic carbocycles. The fourth-order valence-electron chi connectivity index (χ4n) is 1.71. The Balaban J connectivity index is 2.37. The highest BCUT2D eigenvalue weighted by Gasteiger charge is 2.17. The Morgan fingerprint density at radius 1 is 1.50 bits per heavy atom. The van der Waals surface area contributed by atoms with Gasteiger partial charge in [-0.05, 0) is 31.4 Å². The predicted molar refractivity (Wildman–Crippen MR) is 71.9 cm³/mol. The van der Waals surface area contributed by atoms with E-state index in [2.05, 4.69) is 10.1 Å². The lowest BCUT2D eigenvalue weighted by Gasteiger charge is -2.03. The normalized spacial score (nSPS) is 10.4. The molecule has 7 nitrogen and oxygen atoms in total. The van der Waals surface area contributed by atoms with Crippen LogP contribution in [-0.4, -0.2) is 44.5 Å². The highest BCUT2D eigenvalue weighted by atomic mass is 16.5. The lowest BCUT2D eigenvalue weighted by molar-refractivity contribution is 0.0525. The number of carbonyl (C=O) groups is 1. The van der Waals surface area contributed by atoms with Gasteiger partial charge < -0.3 is 14.8 Å². The molecule has 0 saturated heterocycles. The molecule has 2 N–H and O–H groups in total. The molecule has 0 spiro atoms. The highest BCUT2D eigenvalue weighted by molar-refractivity contribution is 6.58. The van der Waals surface area contributed by atoms with Gasteiger partial charge in [-0.3, -0.25) is 0 Å². The number of hydrogen-bond donors (Lipinski definition) is 2. The number of pyridine rings is 1. The van der Waals surface area contributed by atoms with Crippen molar-refractivity contribution in [1.82, 2.24) is 14.8 Å². The quantitative estimate of drug-likeness (QED) is 0.573. The number of rotatable bonds is 4. The van der Waals surface area contributed by atoms with Crippen LogP contribution in [0.3, 0.4) is 0 Å². The van der Waals surface area contributed by atoms with Crippen LogP contribution in [0.2, 0.25) is 0 Å². The van der Waals surface area contributed by atoms with Gasteiger partial charge in [-0.1, -0.05) is 0 Å². The van der Waals surface area contributed by atoms with Gasteiger partial charge in [0.1, 0.15) is 5.56 Å². The molecule has 8 heteroatoms. The van der Waals surface area contributed by atoms with Crippen molar-refractivity contribution < 1.29 is 19.6 Å². The van der Waals surface area contributed by atoms with Crippen LogP contribution in [0.5, 0.6) is 0 Å². The molecule has 104 valence electrons. The third-order valence-electron chi connectivity index (χ3n) is 2.70. The molecule has 2 aromatic heterocycles. The zero-order chi connectivity index (χ0) is 14.7. The summed E-state index contributed by atoms with van der Waals surface area (Å²) in [6.07, 6.45) is 2.94. The van der Waals surface area contributed by atoms with Gasteiger partial charge in [-0.15, -0.1) is 0 Å². The van der Waals surface area contributed by atoms with E-state index in [-0.39, 0.29) is 6.61 Å². The molecule has 0 unspecified atom stereocenters. The summed E-state index contributed by atoms with van der Waals surface area (Å²) in [4.78, 5) is 15.8. The molecule has 0 bridgehead atoms. The molecular weight excluding hydrogens is 261 g/mol. The fraction of sp³-hybridized carbons (Fsp3) is 0.250. The van der Waals surface area contributed by atoms with Crippen LogP contribution >= 0.6 is 0 Å². The van der Waals surface area contributed by atoms with Gasteiger partial charge in [0.05, 0.1) is 12.3 Å². The SMILES string of the molecule is CCOC(=O)c1cn(-c2cc(B(O)O)ccn2)nc1C. The Morgan fingerprint density at radius 3 is 2.90 bits per heavy atom. The predicted octanol–water partition coefficient (Wildman–Crippen LogP) is -0.568. The number of carbonyl (C=O) groups excluding carboxylic acids is 1. The van der Waals surface area contributed by atoms with E-state index in [1.807, 2.05) is 0 Å². The lowest BCUT2D eigenvalue weighted by Crippen LogP contribution is -2.30. The zero-order valence-electron chi connectivity index (χ0n) is 11.1. The molecule has 0 fully saturated rings. The number of ether oxygens (including phenoxy) is 1. The average molecular weight is 275 g/mol. The van der Waals surface area contributed by atoms with Crippen molar-refractivity contribution in [3.05, 3.63) is 35.8 Å². The van der Waals surface area contributed by atoms with E-state index in [0.29, 0.717) is 22.5 Å². The number of esters is 1. The largest absolute Gasteiger partial charge is 0.488 e. The van der Waals surface area contributed by atoms with Crippen LogP contribution in [-0.2, 0) is 4.74 Å². The summed E-state index contributed by atoms with van der Waals surface area (Å²) in [6, 6.07) is 2.96. The van der Waals surface area contributed by atoms with Crippen molar-refractivity contribution >= 4 is 18.6 Å². The molecule has 2 heterocycles. The van der Waals surface area contributed by atoms with E-state index >= 15 is 0 Å². The molecule has 0 amide bonds. The van der Waals surface area contributed by atoms with E-state index in [1.165, 1.54) is 29.2 Å². The Morgan fingerprint density at radius 2 is 2.25 bits per heavy atom. The fourth-order valence-corrected chi connectivity index (χ4v) is 1.71. The first-order chi connectivity index (χ1) is 9.52. The Labute approximate surface area is 116 Å². The zero-order valence-corrected chi connectivity index (χ0v) is 11.1. The second-order valence-corrected chi connectivity index (χ2v) is 4.11. The summed E-state index contributed by atoms with van der Waals surface area (Å²) in [5, 5.41) is 22.4. The summed E-state index contributed by atoms with van der Waals surface area (Å²) in [6.45, 7) is 3.70. The average Bonchev–Trinajstić information content (AvgIpc) is 2.81. The molecule has 0 aliphatic rings. The minimum absolute atomic E-state index is 0.286. The van der Waals surface area contributed by atoms with Crippen LogP contribution in [0.4, 0.5) is 0 Å². The summed E-state index contributed by atoms with van der Waals surface area (Å²) in [5.74, 6) is -0.0659. The maximum absolute atomic E-state index is 11.7. The van der Waals surface area contributed by atoms with Crippen LogP contribution in [0, 0.1) is 6.92 Å². The minimum Gasteiger partial charge on any atom is -0.462 e. The first kappa shape index (κ1) is 14.2. The topological polar surface area (TPSA) is 97.5 Å². The first-order valence-corrected chi connectivity index (χ1v) is 6.08. The van der Waals surface area contributed by atoms with Gasteiger partial charge in [0.2, 0.25) is 0 Å². The minimum atomic E-state index is -1.59. The second-order valence-electron chi connectivity index (χ2n) is 4.11. The number of aryl methyl sites for hydroxylation is 1. The molecule has 0 saturated carbocycles. The Hall–Kier alpha value is -2.19. The summed E-state index contributed by atoms with van der Waals surface area (Å²) >= 11 is 0. The van der Waals surface area contributed by atoms with Crippen molar-refractivity contribution in [2.75, 3.05) is 6.61 Å². The van der Waals surface area contributed by atoms with Gasteiger partial charge in [0, 0.05) is 12.4 Å². The number of aromatic nitrogens is 3. The monoisotopic (exact) mass is 275 g/mol. The van der Waals surface area contributed by atoms with Crippen LogP contribution in [0.25, 0.3) is 5.82 Å². The first-order valence-electron chi connectivity index (χ1n) is 6.08. The van der Waals surface area contributed by atoms with E-state index in [1.54, 1.807) is 13.8 Å². The maximum Gasteiger partial charge on any atom is 0.488 e. The molecule has 0 aliphatic carbocycles. The molecule has 2 aromatic rings. The molecule has 2 rings (SSSR count). The van der Waals surface area contributed by atoms with Crippen molar-refractivity contribution in [3.8, 4) is 5.82 Å². The van der Waals surface area contributed by atoms with E-state index in [9.17, 15) is 4.79 Å². The molecule has 0 radical (unpaired) electrons. The van der Waals surface area contributed by atoms with E-state index < -0.39 is 13.1 Å². The van der Waals surface area contributed by atoms with Crippen molar-refractivity contribution in [2.24, 2.45) is 0 Å². The molecular formula is C12H14BN3O4. The van der Waals surface area contributed by atoms with E-state index in [4.69, 9.17) is 14.8 Å². The number of nitrogens with zero attached hydrogens (tertiary/aromatic N) is 3. The van der Waals surface area contributed by atoms with Crippen LogP contribution in [0.1, 0.15) is 23.0 Å². The Kier molecular flexibility index (Phi) is 4.16. The van der Waals surface area contributed by atoms with E-state index in [0.717, 1.165) is 0 Å². The maximum atomic E-state index is 11.7. The van der Waals surface area contributed by atoms with Gasteiger partial charge in [-0.2, -0.15) is 5.10 Å². The summed E-state index contributed by atoms with van der Waals surface area (Å²) in [7, 11) is -1.59. The second kappa shape index (κ2) is 5.85. The van der Waals surface area contributed by atoms with Gasteiger partial charge >= 0.3 is 13.1 Å². The van der Waals surface area contributed by atoms with Crippen molar-refractivity contribution in [1.29, 1.82) is 0 Å². The highest BCUT2D eigenvalue weighted by Crippen LogP contribution is 2.11. The molecule has 0 atom stereocenters. The lowest BCUT2D eigenvalue weighted by atomic mass is 9.81. The van der Waals surface area contributed by atoms with Gasteiger partial charge in [-0.25, -0.2) is 14.5 Å². The standard InChI is InChI=1S/C12H14BN3O4/c1-3-20-12(17)10-7-16(15-8(10)2)11-6-9(13(18)19)4-5-14-11/h4-7,18-19H,3H2,1-2H3. The van der Waals surface area contributed by atoms with Gasteiger partial charge in [0.15, 0.2) is 5.82 Å². The molecule has 0 aliphatic heterocycles. The Bertz CT molecular complexity index is 627. The van der Waals surface area contributed by atoms with Crippen molar-refractivity contribution in [2.45, 2.75) is 13.8 Å². The van der Waals surface area contributed by atoms with Gasteiger partial charge in [0.25, 0.3) is 0 Å². The molecule has 20 heavy (non-hydrogen) atoms. The summed E-state index contributed by atoms with van der Waals surface area (Å²) in [5.41, 5.74) is 1.16. The number of hydrogen-bond acceptors (Lipinski definition) is 6. The van der Waals surface area contributed by atoms with Crippen LogP contribution in [0.15, 0.2) is 24.5 Å². The third-order valence-corrected chi connectivity index (χ3v) is 2.70. The summed E-state index contributed by atoms with van der Waals surface area (Å²) < 4.78 is 6.32.